The number of anilines is 2. The Morgan fingerprint density at radius 3 is 2.48 bits per heavy atom. The van der Waals surface area contributed by atoms with Gasteiger partial charge in [0.1, 0.15) is 11.6 Å². The third kappa shape index (κ3) is 5.09. The lowest BCUT2D eigenvalue weighted by Gasteiger charge is -2.22. The van der Waals surface area contributed by atoms with Crippen molar-refractivity contribution in [3.8, 4) is 0 Å². The zero-order valence-corrected chi connectivity index (χ0v) is 19.7. The Hall–Kier alpha value is -3.59. The summed E-state index contributed by atoms with van der Waals surface area (Å²) >= 11 is 1.45. The number of nitrogens with one attached hydrogen (secondary N) is 1. The predicted octanol–water partition coefficient (Wildman–Crippen LogP) is 3.84. The van der Waals surface area contributed by atoms with Gasteiger partial charge in [-0.2, -0.15) is 9.61 Å². The van der Waals surface area contributed by atoms with Gasteiger partial charge in [-0.25, -0.2) is 9.48 Å². The van der Waals surface area contributed by atoms with Gasteiger partial charge in [0.05, 0.1) is 0 Å². The van der Waals surface area contributed by atoms with Gasteiger partial charge in [0, 0.05) is 29.4 Å². The first-order valence-electron chi connectivity index (χ1n) is 10.8. The van der Waals surface area contributed by atoms with Gasteiger partial charge in [0.25, 0.3) is 0 Å². The van der Waals surface area contributed by atoms with E-state index >= 15 is 0 Å². The summed E-state index contributed by atoms with van der Waals surface area (Å²) in [6.45, 7) is 7.81. The topological polar surface area (TPSA) is 84.5 Å². The van der Waals surface area contributed by atoms with Crippen LogP contribution in [0.15, 0.2) is 75.4 Å². The predicted molar refractivity (Wildman–Crippen MR) is 131 cm³/mol. The molecule has 2 aromatic carbocycles. The van der Waals surface area contributed by atoms with Gasteiger partial charge < -0.3 is 10.2 Å². The molecule has 0 fully saturated rings. The van der Waals surface area contributed by atoms with E-state index in [1.165, 1.54) is 16.3 Å². The molecule has 0 aliphatic rings. The van der Waals surface area contributed by atoms with Crippen LogP contribution in [0.5, 0.6) is 0 Å². The number of nitrogens with zero attached hydrogens (tertiary/aromatic N) is 5. The van der Waals surface area contributed by atoms with Crippen molar-refractivity contribution in [2.75, 3.05) is 23.3 Å². The van der Waals surface area contributed by atoms with Crippen LogP contribution < -0.4 is 15.9 Å². The van der Waals surface area contributed by atoms with E-state index in [4.69, 9.17) is 0 Å². The Bertz CT molecular complexity index is 1330. The highest BCUT2D eigenvalue weighted by Gasteiger charge is 2.14. The number of benzene rings is 2. The molecular formula is C24H26N6O2S. The molecule has 4 aromatic rings. The highest BCUT2D eigenvalue weighted by atomic mass is 32.2. The SMILES string of the molecule is CCN(CC)c1ccc(NC(=O)Cn2nc3ccc(Sc4ccccc4)nn3c2=O)c(C)c1. The van der Waals surface area contributed by atoms with E-state index in [2.05, 4.69) is 40.3 Å². The molecule has 9 heteroatoms. The van der Waals surface area contributed by atoms with Crippen molar-refractivity contribution in [2.24, 2.45) is 0 Å². The molecule has 8 nitrogen and oxygen atoms in total. The van der Waals surface area contributed by atoms with Gasteiger partial charge in [0.2, 0.25) is 5.91 Å². The average molecular weight is 463 g/mol. The highest BCUT2D eigenvalue weighted by Crippen LogP contribution is 2.25. The van der Waals surface area contributed by atoms with Crippen LogP contribution in [0.2, 0.25) is 0 Å². The second-order valence-electron chi connectivity index (χ2n) is 7.52. The van der Waals surface area contributed by atoms with Gasteiger partial charge in [-0.1, -0.05) is 30.0 Å². The summed E-state index contributed by atoms with van der Waals surface area (Å²) in [5, 5.41) is 12.2. The standard InChI is InChI=1S/C24H26N6O2S/c1-4-28(5-2)18-11-12-20(17(3)15-18)25-22(31)16-29-24(32)30-21(26-29)13-14-23(27-30)33-19-9-7-6-8-10-19/h6-15H,4-5,16H2,1-3H3,(H,25,31). The van der Waals surface area contributed by atoms with Crippen LogP contribution in [0, 0.1) is 6.92 Å². The number of rotatable bonds is 8. The van der Waals surface area contributed by atoms with Gasteiger partial charge in [-0.15, -0.1) is 5.10 Å². The number of amides is 1. The molecule has 33 heavy (non-hydrogen) atoms. The normalized spacial score (nSPS) is 11.0. The molecule has 1 N–H and O–H groups in total. The molecule has 0 atom stereocenters. The second-order valence-corrected chi connectivity index (χ2v) is 8.61. The quantitative estimate of drug-likeness (QED) is 0.428. The number of hydrogen-bond acceptors (Lipinski definition) is 6. The Balaban J connectivity index is 1.49. The summed E-state index contributed by atoms with van der Waals surface area (Å²) in [5.74, 6) is -0.321. The zero-order valence-electron chi connectivity index (χ0n) is 18.9. The summed E-state index contributed by atoms with van der Waals surface area (Å²) in [5.41, 5.74) is 2.73. The molecule has 2 heterocycles. The van der Waals surface area contributed by atoms with E-state index in [1.54, 1.807) is 6.07 Å². The molecule has 170 valence electrons. The molecule has 0 saturated heterocycles. The fourth-order valence-corrected chi connectivity index (χ4v) is 4.35. The Kier molecular flexibility index (Phi) is 6.79. The number of carbonyl (C=O) groups is 1. The zero-order chi connectivity index (χ0) is 23.4. The molecule has 0 aliphatic heterocycles. The first-order valence-corrected chi connectivity index (χ1v) is 11.7. The summed E-state index contributed by atoms with van der Waals surface area (Å²) in [4.78, 5) is 28.7. The van der Waals surface area contributed by atoms with E-state index in [-0.39, 0.29) is 12.5 Å². The summed E-state index contributed by atoms with van der Waals surface area (Å²) in [7, 11) is 0. The third-order valence-corrected chi connectivity index (χ3v) is 6.22. The smallest absolute Gasteiger partial charge is 0.367 e. The van der Waals surface area contributed by atoms with Gasteiger partial charge in [-0.05, 0) is 68.8 Å². The summed E-state index contributed by atoms with van der Waals surface area (Å²) < 4.78 is 2.36. The lowest BCUT2D eigenvalue weighted by Crippen LogP contribution is -2.29. The van der Waals surface area contributed by atoms with E-state index in [1.807, 2.05) is 55.5 Å². The minimum absolute atomic E-state index is 0.194. The third-order valence-electron chi connectivity index (χ3n) is 5.29. The van der Waals surface area contributed by atoms with Crippen LogP contribution in [-0.2, 0) is 11.3 Å². The first-order chi connectivity index (χ1) is 16.0. The van der Waals surface area contributed by atoms with Crippen molar-refractivity contribution >= 4 is 34.7 Å². The highest BCUT2D eigenvalue weighted by molar-refractivity contribution is 7.99. The van der Waals surface area contributed by atoms with E-state index in [9.17, 15) is 9.59 Å². The summed E-state index contributed by atoms with van der Waals surface area (Å²) in [6.07, 6.45) is 0. The fourth-order valence-electron chi connectivity index (χ4n) is 3.56. The van der Waals surface area contributed by atoms with Crippen molar-refractivity contribution in [3.63, 3.8) is 0 Å². The van der Waals surface area contributed by atoms with Crippen LogP contribution in [0.4, 0.5) is 11.4 Å². The molecule has 0 spiro atoms. The van der Waals surface area contributed by atoms with Crippen LogP contribution in [0.3, 0.4) is 0 Å². The number of aromatic nitrogens is 4. The molecule has 1 amide bonds. The fraction of sp³-hybridized carbons (Fsp3) is 0.250. The van der Waals surface area contributed by atoms with Gasteiger partial charge >= 0.3 is 5.69 Å². The molecule has 0 unspecified atom stereocenters. The maximum absolute atomic E-state index is 12.8. The van der Waals surface area contributed by atoms with Crippen LogP contribution >= 0.6 is 11.8 Å². The van der Waals surface area contributed by atoms with Crippen LogP contribution in [0.1, 0.15) is 19.4 Å². The van der Waals surface area contributed by atoms with Crippen molar-refractivity contribution in [1.29, 1.82) is 0 Å². The molecule has 0 saturated carbocycles. The molecule has 2 aromatic heterocycles. The maximum atomic E-state index is 12.8. The molecule has 0 aliphatic carbocycles. The molecule has 0 bridgehead atoms. The first kappa shape index (κ1) is 22.6. The Labute approximate surface area is 196 Å². The second kappa shape index (κ2) is 9.91. The van der Waals surface area contributed by atoms with Crippen LogP contribution in [0.25, 0.3) is 5.65 Å². The Morgan fingerprint density at radius 1 is 1.03 bits per heavy atom. The number of carbonyl (C=O) groups excluding carboxylic acids is 1. The van der Waals surface area contributed by atoms with E-state index in [0.29, 0.717) is 16.4 Å². The van der Waals surface area contributed by atoms with E-state index in [0.717, 1.165) is 33.9 Å². The molecule has 0 radical (unpaired) electrons. The average Bonchev–Trinajstić information content (AvgIpc) is 3.12. The monoisotopic (exact) mass is 462 g/mol. The number of hydrogen-bond donors (Lipinski definition) is 1. The minimum atomic E-state index is -0.454. The van der Waals surface area contributed by atoms with Crippen molar-refractivity contribution in [1.82, 2.24) is 19.4 Å². The largest absolute Gasteiger partial charge is 0.372 e. The lowest BCUT2D eigenvalue weighted by molar-refractivity contribution is -0.117. The van der Waals surface area contributed by atoms with E-state index < -0.39 is 5.69 Å². The van der Waals surface area contributed by atoms with Gasteiger partial charge in [0.15, 0.2) is 5.65 Å². The van der Waals surface area contributed by atoms with Crippen molar-refractivity contribution in [3.05, 3.63) is 76.7 Å². The van der Waals surface area contributed by atoms with Crippen LogP contribution in [-0.4, -0.2) is 38.4 Å². The maximum Gasteiger partial charge on any atom is 0.367 e. The number of aryl methyl sites for hydroxylation is 1. The lowest BCUT2D eigenvalue weighted by atomic mass is 10.1. The number of fused-ring (bicyclic) bond motifs is 1. The summed E-state index contributed by atoms with van der Waals surface area (Å²) in [6, 6.07) is 19.3. The molecular weight excluding hydrogens is 436 g/mol. The minimum Gasteiger partial charge on any atom is -0.372 e. The Morgan fingerprint density at radius 2 is 1.79 bits per heavy atom. The van der Waals surface area contributed by atoms with Crippen molar-refractivity contribution in [2.45, 2.75) is 37.2 Å². The molecule has 4 rings (SSSR count). The van der Waals surface area contributed by atoms with Crippen molar-refractivity contribution < 1.29 is 4.79 Å². The van der Waals surface area contributed by atoms with Gasteiger partial charge in [-0.3, -0.25) is 4.79 Å².